The zero-order valence-corrected chi connectivity index (χ0v) is 22.6. The van der Waals surface area contributed by atoms with Crippen molar-refractivity contribution < 1.29 is 9.90 Å². The van der Waals surface area contributed by atoms with Crippen LogP contribution in [-0.4, -0.2) is 69.2 Å². The number of carbonyl (C=O) groups is 1. The standard InChI is InChI=1S/C31H46N4O2/c36-31(37)13-15-33-14-5-8-25(22-33)21-30-32-28-9-3-4-10-29(28)35(30)26-11-16-34(17-12-26)27-19-23-6-1-2-7-24(18-23)20-27/h3-4,9-10,23-27H,1-2,5-8,11-22H2,(H,36,37)/t23-,24+,25-,27-/m0/s1. The summed E-state index contributed by atoms with van der Waals surface area (Å²) in [5.41, 5.74) is 2.44. The second kappa shape index (κ2) is 11.4. The van der Waals surface area contributed by atoms with Crippen molar-refractivity contribution >= 4 is 17.0 Å². The lowest BCUT2D eigenvalue weighted by Crippen LogP contribution is -2.45. The summed E-state index contributed by atoms with van der Waals surface area (Å²) < 4.78 is 2.61. The van der Waals surface area contributed by atoms with Crippen molar-refractivity contribution in [3.63, 3.8) is 0 Å². The van der Waals surface area contributed by atoms with Crippen molar-refractivity contribution in [2.75, 3.05) is 32.7 Å². The van der Waals surface area contributed by atoms with Crippen molar-refractivity contribution in [1.82, 2.24) is 19.4 Å². The number of fused-ring (bicyclic) bond motifs is 3. The lowest BCUT2D eigenvalue weighted by atomic mass is 9.77. The third-order valence-electron chi connectivity index (χ3n) is 10.1. The molecule has 4 atom stereocenters. The van der Waals surface area contributed by atoms with E-state index < -0.39 is 5.97 Å². The molecule has 2 aliphatic heterocycles. The molecule has 3 heterocycles. The SMILES string of the molecule is O=C(O)CCN1CCC[C@@H](Cc2nc3ccccc3n2C2CCN([C@@H]3C[C@@H]4CCCC[C@@H](C4)C3)CC2)C1. The predicted octanol–water partition coefficient (Wildman–Crippen LogP) is 5.76. The van der Waals surface area contributed by atoms with Crippen molar-refractivity contribution in [1.29, 1.82) is 0 Å². The average molecular weight is 507 g/mol. The van der Waals surface area contributed by atoms with Gasteiger partial charge in [-0.25, -0.2) is 4.98 Å². The molecule has 2 saturated carbocycles. The molecule has 2 aliphatic carbocycles. The second-order valence-corrected chi connectivity index (χ2v) is 12.7. The highest BCUT2D eigenvalue weighted by atomic mass is 16.4. The predicted molar refractivity (Wildman–Crippen MR) is 148 cm³/mol. The van der Waals surface area contributed by atoms with E-state index in [-0.39, 0.29) is 6.42 Å². The summed E-state index contributed by atoms with van der Waals surface area (Å²) in [5, 5.41) is 9.12. The van der Waals surface area contributed by atoms with Gasteiger partial charge >= 0.3 is 5.97 Å². The molecule has 4 aliphatic rings. The number of piperidine rings is 2. The minimum Gasteiger partial charge on any atom is -0.481 e. The van der Waals surface area contributed by atoms with E-state index in [1.54, 1.807) is 0 Å². The Morgan fingerprint density at radius 1 is 0.892 bits per heavy atom. The van der Waals surface area contributed by atoms with Gasteiger partial charge in [-0.2, -0.15) is 0 Å². The van der Waals surface area contributed by atoms with Crippen LogP contribution in [0, 0.1) is 17.8 Å². The van der Waals surface area contributed by atoms with E-state index in [4.69, 9.17) is 10.1 Å². The van der Waals surface area contributed by atoms with Gasteiger partial charge in [0.2, 0.25) is 0 Å². The molecule has 0 spiro atoms. The van der Waals surface area contributed by atoms with Crippen LogP contribution in [0.2, 0.25) is 0 Å². The van der Waals surface area contributed by atoms with E-state index in [2.05, 4.69) is 38.6 Å². The van der Waals surface area contributed by atoms with E-state index in [0.717, 1.165) is 49.3 Å². The highest BCUT2D eigenvalue weighted by molar-refractivity contribution is 5.76. The van der Waals surface area contributed by atoms with E-state index in [1.807, 2.05) is 0 Å². The zero-order valence-electron chi connectivity index (χ0n) is 22.6. The molecule has 2 bridgehead atoms. The highest BCUT2D eigenvalue weighted by Gasteiger charge is 2.35. The molecule has 2 saturated heterocycles. The van der Waals surface area contributed by atoms with E-state index in [0.29, 0.717) is 18.5 Å². The fourth-order valence-electron chi connectivity index (χ4n) is 8.35. The quantitative estimate of drug-likeness (QED) is 0.517. The minimum absolute atomic E-state index is 0.242. The van der Waals surface area contributed by atoms with E-state index in [1.165, 1.54) is 88.6 Å². The molecule has 1 aromatic heterocycles. The Labute approximate surface area is 222 Å². The molecule has 0 radical (unpaired) electrons. The smallest absolute Gasteiger partial charge is 0.304 e. The molecular formula is C31H46N4O2. The lowest BCUT2D eigenvalue weighted by molar-refractivity contribution is -0.137. The maximum absolute atomic E-state index is 11.1. The Bertz CT molecular complexity index is 1040. The van der Waals surface area contributed by atoms with Crippen LogP contribution < -0.4 is 0 Å². The Morgan fingerprint density at radius 2 is 1.65 bits per heavy atom. The number of aliphatic carboxylic acids is 1. The van der Waals surface area contributed by atoms with Crippen LogP contribution in [0.5, 0.6) is 0 Å². The maximum atomic E-state index is 11.1. The number of rotatable bonds is 7. The first-order chi connectivity index (χ1) is 18.1. The third-order valence-corrected chi connectivity index (χ3v) is 10.1. The largest absolute Gasteiger partial charge is 0.481 e. The maximum Gasteiger partial charge on any atom is 0.304 e. The molecule has 0 unspecified atom stereocenters. The fourth-order valence-corrected chi connectivity index (χ4v) is 8.35. The van der Waals surface area contributed by atoms with Gasteiger partial charge in [0, 0.05) is 44.7 Å². The number of carboxylic acid groups (broad SMARTS) is 1. The second-order valence-electron chi connectivity index (χ2n) is 12.7. The summed E-state index contributed by atoms with van der Waals surface area (Å²) in [6.07, 6.45) is 16.4. The average Bonchev–Trinajstić information content (AvgIpc) is 3.18. The Hall–Kier alpha value is -1.92. The van der Waals surface area contributed by atoms with Crippen molar-refractivity contribution in [3.05, 3.63) is 30.1 Å². The third kappa shape index (κ3) is 5.90. The van der Waals surface area contributed by atoms with E-state index in [9.17, 15) is 4.79 Å². The number of aromatic nitrogens is 2. The topological polar surface area (TPSA) is 61.6 Å². The van der Waals surface area contributed by atoms with Crippen molar-refractivity contribution in [3.8, 4) is 0 Å². The van der Waals surface area contributed by atoms with E-state index >= 15 is 0 Å². The van der Waals surface area contributed by atoms with Gasteiger partial charge in [-0.3, -0.25) is 4.79 Å². The summed E-state index contributed by atoms with van der Waals surface area (Å²) in [4.78, 5) is 21.5. The first-order valence-corrected chi connectivity index (χ1v) is 15.3. The zero-order chi connectivity index (χ0) is 25.2. The van der Waals surface area contributed by atoms with Crippen LogP contribution in [0.4, 0.5) is 0 Å². The summed E-state index contributed by atoms with van der Waals surface area (Å²) >= 11 is 0. The summed E-state index contributed by atoms with van der Waals surface area (Å²) in [5.74, 6) is 3.09. The minimum atomic E-state index is -0.692. The van der Waals surface area contributed by atoms with Gasteiger partial charge in [-0.05, 0) is 81.4 Å². The first-order valence-electron chi connectivity index (χ1n) is 15.3. The van der Waals surface area contributed by atoms with Gasteiger partial charge in [0.1, 0.15) is 5.82 Å². The number of imidazole rings is 1. The van der Waals surface area contributed by atoms with Crippen LogP contribution in [0.3, 0.4) is 0 Å². The Morgan fingerprint density at radius 3 is 2.41 bits per heavy atom. The van der Waals surface area contributed by atoms with Gasteiger partial charge in [-0.15, -0.1) is 0 Å². The van der Waals surface area contributed by atoms with Gasteiger partial charge in [0.15, 0.2) is 0 Å². The molecule has 0 amide bonds. The molecule has 1 N–H and O–H groups in total. The highest BCUT2D eigenvalue weighted by Crippen LogP contribution is 2.41. The molecule has 6 nitrogen and oxygen atoms in total. The molecule has 1 aromatic carbocycles. The number of benzene rings is 1. The van der Waals surface area contributed by atoms with Crippen LogP contribution in [0.15, 0.2) is 24.3 Å². The number of carboxylic acids is 1. The van der Waals surface area contributed by atoms with Crippen LogP contribution in [0.25, 0.3) is 11.0 Å². The van der Waals surface area contributed by atoms with Gasteiger partial charge in [0.25, 0.3) is 0 Å². The summed E-state index contributed by atoms with van der Waals surface area (Å²) in [7, 11) is 0. The number of likely N-dealkylation sites (tertiary alicyclic amines) is 2. The Kier molecular flexibility index (Phi) is 7.85. The number of hydrogen-bond donors (Lipinski definition) is 1. The molecule has 202 valence electrons. The van der Waals surface area contributed by atoms with Gasteiger partial charge in [-0.1, -0.05) is 37.8 Å². The van der Waals surface area contributed by atoms with Crippen molar-refractivity contribution in [2.45, 2.75) is 95.6 Å². The number of para-hydroxylation sites is 2. The van der Waals surface area contributed by atoms with Gasteiger partial charge < -0.3 is 19.5 Å². The lowest BCUT2D eigenvalue weighted by Gasteiger charge is -2.43. The van der Waals surface area contributed by atoms with Crippen LogP contribution >= 0.6 is 0 Å². The normalized spacial score (nSPS) is 30.4. The number of hydrogen-bond acceptors (Lipinski definition) is 4. The fraction of sp³-hybridized carbons (Fsp3) is 0.742. The van der Waals surface area contributed by atoms with Crippen LogP contribution in [0.1, 0.15) is 88.9 Å². The number of nitrogens with zero attached hydrogens (tertiary/aromatic N) is 4. The molecule has 6 heteroatoms. The Balaban J connectivity index is 1.14. The van der Waals surface area contributed by atoms with Crippen molar-refractivity contribution in [2.24, 2.45) is 17.8 Å². The van der Waals surface area contributed by atoms with Crippen LogP contribution in [-0.2, 0) is 11.2 Å². The molecule has 37 heavy (non-hydrogen) atoms. The molecule has 2 aromatic rings. The van der Waals surface area contributed by atoms with Gasteiger partial charge in [0.05, 0.1) is 17.5 Å². The molecular weight excluding hydrogens is 460 g/mol. The monoisotopic (exact) mass is 506 g/mol. The summed E-state index contributed by atoms with van der Waals surface area (Å²) in [6.45, 7) is 5.16. The summed E-state index contributed by atoms with van der Waals surface area (Å²) in [6, 6.07) is 10.1. The molecule has 6 rings (SSSR count). The molecule has 4 fully saturated rings. The first kappa shape index (κ1) is 25.4.